The molecule has 0 radical (unpaired) electrons. The van der Waals surface area contributed by atoms with Crippen molar-refractivity contribution < 1.29 is 80.2 Å². The summed E-state index contributed by atoms with van der Waals surface area (Å²) >= 11 is 0. The molecule has 3 N–H and O–H groups in total. The van der Waals surface area contributed by atoms with Crippen molar-refractivity contribution in [3.8, 4) is 0 Å². The van der Waals surface area contributed by atoms with Gasteiger partial charge in [-0.2, -0.15) is 0 Å². The molecule has 612 valence electrons. The van der Waals surface area contributed by atoms with Crippen LogP contribution in [0.1, 0.15) is 446 Å². The maximum atomic E-state index is 13.1. The van der Waals surface area contributed by atoms with Crippen LogP contribution in [0, 0.1) is 11.8 Å². The van der Waals surface area contributed by atoms with Crippen LogP contribution in [0.15, 0.2) is 0 Å². The monoisotopic (exact) mass is 1510 g/mol. The average Bonchev–Trinajstić information content (AvgIpc) is 1.07. The maximum Gasteiger partial charge on any atom is 0.472 e. The summed E-state index contributed by atoms with van der Waals surface area (Å²) in [5, 5.41) is 10.7. The van der Waals surface area contributed by atoms with Crippen LogP contribution >= 0.6 is 15.6 Å². The van der Waals surface area contributed by atoms with Crippen LogP contribution in [-0.2, 0) is 65.4 Å². The largest absolute Gasteiger partial charge is 0.472 e. The highest BCUT2D eigenvalue weighted by molar-refractivity contribution is 7.47. The Hall–Kier alpha value is -1.94. The highest BCUT2D eigenvalue weighted by Crippen LogP contribution is 2.45. The van der Waals surface area contributed by atoms with E-state index in [4.69, 9.17) is 37.0 Å². The topological polar surface area (TPSA) is 237 Å². The minimum Gasteiger partial charge on any atom is -0.462 e. The summed E-state index contributed by atoms with van der Waals surface area (Å²) in [7, 11) is -9.93. The quantitative estimate of drug-likeness (QED) is 0.0222. The minimum absolute atomic E-state index is 0.107. The van der Waals surface area contributed by atoms with Crippen molar-refractivity contribution in [3.63, 3.8) is 0 Å². The normalized spacial score (nSPS) is 14.4. The Kier molecular flexibility index (Phi) is 74.1. The van der Waals surface area contributed by atoms with Crippen LogP contribution in [0.4, 0.5) is 0 Å². The van der Waals surface area contributed by atoms with Gasteiger partial charge in [-0.05, 0) is 37.5 Å². The van der Waals surface area contributed by atoms with E-state index in [0.29, 0.717) is 25.7 Å². The van der Waals surface area contributed by atoms with E-state index in [-0.39, 0.29) is 25.7 Å². The molecular weight excluding hydrogens is 1340 g/mol. The molecule has 0 aromatic rings. The number of carbonyl (C=O) groups is 4. The number of carbonyl (C=O) groups excluding carboxylic acids is 4. The Morgan fingerprint density at radius 1 is 0.272 bits per heavy atom. The maximum absolute atomic E-state index is 13.1. The van der Waals surface area contributed by atoms with Gasteiger partial charge in [0.05, 0.1) is 26.4 Å². The molecule has 0 amide bonds. The molecule has 0 bridgehead atoms. The molecule has 0 saturated heterocycles. The molecule has 0 heterocycles. The van der Waals surface area contributed by atoms with Gasteiger partial charge in [0, 0.05) is 25.7 Å². The Labute approximate surface area is 632 Å². The smallest absolute Gasteiger partial charge is 0.462 e. The van der Waals surface area contributed by atoms with Crippen LogP contribution < -0.4 is 0 Å². The number of phosphoric acid groups is 2. The molecule has 0 spiro atoms. The first kappa shape index (κ1) is 101. The van der Waals surface area contributed by atoms with E-state index in [2.05, 4.69) is 41.5 Å². The molecule has 7 atom stereocenters. The van der Waals surface area contributed by atoms with Gasteiger partial charge in [0.2, 0.25) is 0 Å². The molecule has 17 nitrogen and oxygen atoms in total. The average molecular weight is 1510 g/mol. The molecule has 0 aliphatic carbocycles. The molecule has 0 aromatic carbocycles. The predicted molar refractivity (Wildman–Crippen MR) is 423 cm³/mol. The summed E-state index contributed by atoms with van der Waals surface area (Å²) in [4.78, 5) is 73.2. The fourth-order valence-corrected chi connectivity index (χ4v) is 14.6. The number of unbranched alkanes of at least 4 members (excludes halogenated alkanes) is 51. The molecule has 0 rings (SSSR count). The van der Waals surface area contributed by atoms with Gasteiger partial charge in [-0.25, -0.2) is 9.13 Å². The molecule has 0 aromatic heterocycles. The van der Waals surface area contributed by atoms with Gasteiger partial charge in [-0.15, -0.1) is 0 Å². The number of hydrogen-bond acceptors (Lipinski definition) is 15. The van der Waals surface area contributed by atoms with Gasteiger partial charge in [0.25, 0.3) is 0 Å². The lowest BCUT2D eigenvalue weighted by atomic mass is 9.99. The molecule has 4 unspecified atom stereocenters. The number of aliphatic hydroxyl groups excluding tert-OH is 1. The van der Waals surface area contributed by atoms with Crippen LogP contribution in [-0.4, -0.2) is 96.7 Å². The Morgan fingerprint density at radius 2 is 0.466 bits per heavy atom. The van der Waals surface area contributed by atoms with Crippen molar-refractivity contribution in [1.29, 1.82) is 0 Å². The number of aliphatic hydroxyl groups is 1. The highest BCUT2D eigenvalue weighted by Gasteiger charge is 2.30. The zero-order valence-corrected chi connectivity index (χ0v) is 69.4. The Balaban J connectivity index is 5.26. The van der Waals surface area contributed by atoms with Crippen LogP contribution in [0.2, 0.25) is 0 Å². The van der Waals surface area contributed by atoms with Crippen molar-refractivity contribution in [2.45, 2.75) is 464 Å². The summed E-state index contributed by atoms with van der Waals surface area (Å²) in [6.07, 6.45) is 66.4. The zero-order valence-electron chi connectivity index (χ0n) is 67.6. The first-order valence-corrected chi connectivity index (χ1v) is 46.6. The summed E-state index contributed by atoms with van der Waals surface area (Å²) < 4.78 is 68.9. The molecule has 19 heteroatoms. The fraction of sp³-hybridized carbons (Fsp3) is 0.952. The Bertz CT molecular complexity index is 1980. The van der Waals surface area contributed by atoms with Gasteiger partial charge in [-0.3, -0.25) is 37.3 Å². The molecular formula is C84H164O17P2. The van der Waals surface area contributed by atoms with Crippen LogP contribution in [0.5, 0.6) is 0 Å². The van der Waals surface area contributed by atoms with E-state index in [1.54, 1.807) is 0 Å². The molecule has 0 saturated carbocycles. The highest BCUT2D eigenvalue weighted by atomic mass is 31.2. The van der Waals surface area contributed by atoms with Gasteiger partial charge in [-0.1, -0.05) is 395 Å². The van der Waals surface area contributed by atoms with Crippen molar-refractivity contribution in [2.24, 2.45) is 11.8 Å². The number of rotatable bonds is 83. The molecule has 103 heavy (non-hydrogen) atoms. The van der Waals surface area contributed by atoms with Crippen LogP contribution in [0.25, 0.3) is 0 Å². The number of hydrogen-bond donors (Lipinski definition) is 3. The summed E-state index contributed by atoms with van der Waals surface area (Å²) in [5.41, 5.74) is 0. The summed E-state index contributed by atoms with van der Waals surface area (Å²) in [6.45, 7) is 9.74. The van der Waals surface area contributed by atoms with Crippen LogP contribution in [0.3, 0.4) is 0 Å². The third-order valence-electron chi connectivity index (χ3n) is 20.4. The second kappa shape index (κ2) is 75.5. The van der Waals surface area contributed by atoms with Crippen molar-refractivity contribution >= 4 is 39.5 Å². The SMILES string of the molecule is CCCCCCCCCCCCCCCCCCCCCC(=O)O[C@H](COC(=O)CCCCCCCCCCCCCCCCC(C)CC)COP(=O)(O)OC[C@@H](O)COP(=O)(O)OC[C@@H](COC(=O)CCCCCCCCCCCCCC)OC(=O)CCCCCCCCCCCCC(C)CC. The third-order valence-corrected chi connectivity index (χ3v) is 22.3. The third kappa shape index (κ3) is 75.3. The second-order valence-corrected chi connectivity index (χ2v) is 33.6. The first-order valence-electron chi connectivity index (χ1n) is 43.6. The van der Waals surface area contributed by atoms with Gasteiger partial charge >= 0.3 is 39.5 Å². The van der Waals surface area contributed by atoms with E-state index in [9.17, 15) is 43.2 Å². The van der Waals surface area contributed by atoms with Crippen molar-refractivity contribution in [3.05, 3.63) is 0 Å². The summed E-state index contributed by atoms with van der Waals surface area (Å²) in [6, 6.07) is 0. The number of esters is 4. The molecule has 0 aliphatic heterocycles. The minimum atomic E-state index is -4.96. The lowest BCUT2D eigenvalue weighted by molar-refractivity contribution is -0.161. The second-order valence-electron chi connectivity index (χ2n) is 30.7. The van der Waals surface area contributed by atoms with E-state index in [1.165, 1.54) is 263 Å². The van der Waals surface area contributed by atoms with Gasteiger partial charge in [0.1, 0.15) is 19.3 Å². The lowest BCUT2D eigenvalue weighted by Crippen LogP contribution is -2.30. The number of ether oxygens (including phenoxy) is 4. The van der Waals surface area contributed by atoms with Crippen molar-refractivity contribution in [2.75, 3.05) is 39.6 Å². The number of phosphoric ester groups is 2. The zero-order chi connectivity index (χ0) is 75.6. The standard InChI is InChI=1S/C84H164O17P2/c1-7-11-13-15-17-19-21-23-24-25-26-27-28-33-37-44-50-56-62-68-83(88)100-79(72-95-82(87)67-61-55-49-43-36-32-30-29-31-34-40-46-52-58-64-76(5)9-3)74-98-102(90,91)96-70-78(85)71-97-103(92,93)99-75-80(73-94-81(86)66-60-54-48-42-35-22-20-18-16-14-12-8-2)101-84(89)69-63-57-51-45-39-38-41-47-53-59-65-77(6)10-4/h76-80,85H,7-75H2,1-6H3,(H,90,91)(H,92,93)/t76?,77?,78-,79-,80-/m1/s1. The van der Waals surface area contributed by atoms with Gasteiger partial charge in [0.15, 0.2) is 12.2 Å². The van der Waals surface area contributed by atoms with E-state index >= 15 is 0 Å². The first-order chi connectivity index (χ1) is 49.9. The van der Waals surface area contributed by atoms with Gasteiger partial charge < -0.3 is 33.8 Å². The van der Waals surface area contributed by atoms with E-state index < -0.39 is 97.5 Å². The Morgan fingerprint density at radius 3 is 0.689 bits per heavy atom. The lowest BCUT2D eigenvalue weighted by Gasteiger charge is -2.21. The van der Waals surface area contributed by atoms with Crippen molar-refractivity contribution in [1.82, 2.24) is 0 Å². The molecule has 0 aliphatic rings. The fourth-order valence-electron chi connectivity index (χ4n) is 13.0. The summed E-state index contributed by atoms with van der Waals surface area (Å²) in [5.74, 6) is -0.450. The predicted octanol–water partition coefficient (Wildman–Crippen LogP) is 25.5. The van der Waals surface area contributed by atoms with E-state index in [0.717, 1.165) is 102 Å². The molecule has 0 fully saturated rings. The van der Waals surface area contributed by atoms with E-state index in [1.807, 2.05) is 0 Å².